The van der Waals surface area contributed by atoms with Gasteiger partial charge in [-0.25, -0.2) is 4.98 Å². The third-order valence-corrected chi connectivity index (χ3v) is 5.93. The van der Waals surface area contributed by atoms with Crippen molar-refractivity contribution in [3.8, 4) is 0 Å². The van der Waals surface area contributed by atoms with Gasteiger partial charge in [-0.15, -0.1) is 11.8 Å². The summed E-state index contributed by atoms with van der Waals surface area (Å²) in [4.78, 5) is 9.24. The fraction of sp³-hybridized carbons (Fsp3) is 0.333. The lowest BCUT2D eigenvalue weighted by Gasteiger charge is -2.08. The maximum Gasteiger partial charge on any atom is 0.144 e. The highest BCUT2D eigenvalue weighted by Gasteiger charge is 2.27. The van der Waals surface area contributed by atoms with Crippen LogP contribution in [0.1, 0.15) is 35.8 Å². The molecule has 1 N–H and O–H groups in total. The van der Waals surface area contributed by atoms with Crippen LogP contribution in [0.15, 0.2) is 33.6 Å². The number of rotatable bonds is 4. The van der Waals surface area contributed by atoms with Crippen LogP contribution < -0.4 is 0 Å². The Morgan fingerprint density at radius 1 is 1.40 bits per heavy atom. The van der Waals surface area contributed by atoms with Gasteiger partial charge in [0.2, 0.25) is 0 Å². The maximum absolute atomic E-state index is 5.34. The molecule has 0 amide bonds. The lowest BCUT2D eigenvalue weighted by molar-refractivity contribution is 0.912. The van der Waals surface area contributed by atoms with Gasteiger partial charge >= 0.3 is 0 Å². The Labute approximate surface area is 136 Å². The fourth-order valence-corrected chi connectivity index (χ4v) is 3.74. The molecule has 0 aliphatic heterocycles. The van der Waals surface area contributed by atoms with Crippen LogP contribution in [0.25, 0.3) is 0 Å². The smallest absolute Gasteiger partial charge is 0.144 e. The summed E-state index contributed by atoms with van der Waals surface area (Å²) in [5.41, 5.74) is 2.53. The van der Waals surface area contributed by atoms with Gasteiger partial charge in [0.25, 0.3) is 0 Å². The summed E-state index contributed by atoms with van der Waals surface area (Å²) in [6.07, 6.45) is 2.50. The van der Waals surface area contributed by atoms with Crippen molar-refractivity contribution in [3.05, 3.63) is 50.5 Å². The van der Waals surface area contributed by atoms with Crippen LogP contribution in [-0.4, -0.2) is 9.97 Å². The van der Waals surface area contributed by atoms with Crippen molar-refractivity contribution in [1.29, 1.82) is 0 Å². The first-order chi connectivity index (χ1) is 9.65. The predicted molar refractivity (Wildman–Crippen MR) is 89.8 cm³/mol. The molecule has 2 nitrogen and oxygen atoms in total. The van der Waals surface area contributed by atoms with Gasteiger partial charge in [0.1, 0.15) is 10.5 Å². The average molecular weight is 367 g/mol. The topological polar surface area (TPSA) is 28.7 Å². The molecule has 0 spiro atoms. The molecule has 1 aromatic heterocycles. The van der Waals surface area contributed by atoms with Crippen molar-refractivity contribution >= 4 is 39.9 Å². The fourth-order valence-electron chi connectivity index (χ4n) is 2.11. The van der Waals surface area contributed by atoms with Crippen LogP contribution in [0.3, 0.4) is 0 Å². The second-order valence-electron chi connectivity index (χ2n) is 5.04. The van der Waals surface area contributed by atoms with Gasteiger partial charge in [0, 0.05) is 16.5 Å². The Kier molecular flexibility index (Phi) is 4.29. The number of hydrogen-bond donors (Lipinski definition) is 1. The van der Waals surface area contributed by atoms with Gasteiger partial charge in [0.05, 0.1) is 10.2 Å². The molecule has 3 rings (SSSR count). The van der Waals surface area contributed by atoms with E-state index in [1.54, 1.807) is 11.8 Å². The van der Waals surface area contributed by atoms with Crippen molar-refractivity contribution in [2.75, 3.05) is 0 Å². The van der Waals surface area contributed by atoms with Crippen LogP contribution in [0.5, 0.6) is 0 Å². The van der Waals surface area contributed by atoms with Crippen molar-refractivity contribution in [1.82, 2.24) is 9.97 Å². The van der Waals surface area contributed by atoms with Gasteiger partial charge in [-0.05, 0) is 47.3 Å². The van der Waals surface area contributed by atoms with Crippen molar-refractivity contribution in [2.24, 2.45) is 0 Å². The van der Waals surface area contributed by atoms with E-state index in [9.17, 15) is 0 Å². The van der Waals surface area contributed by atoms with E-state index < -0.39 is 0 Å². The molecule has 104 valence electrons. The molecule has 0 radical (unpaired) electrons. The Morgan fingerprint density at radius 3 is 2.85 bits per heavy atom. The first kappa shape index (κ1) is 14.3. The highest BCUT2D eigenvalue weighted by atomic mass is 79.9. The van der Waals surface area contributed by atoms with E-state index in [1.807, 2.05) is 0 Å². The number of nitrogens with one attached hydrogen (secondary N) is 1. The summed E-state index contributed by atoms with van der Waals surface area (Å²) in [5, 5.41) is 0. The third kappa shape index (κ3) is 3.15. The number of nitrogens with zero attached hydrogens (tertiary/aromatic N) is 1. The maximum atomic E-state index is 5.34. The molecule has 2 aromatic rings. The zero-order chi connectivity index (χ0) is 14.1. The Hall–Kier alpha value is -0.650. The van der Waals surface area contributed by atoms with E-state index in [0.717, 1.165) is 16.0 Å². The number of thioether (sulfide) groups is 1. The molecule has 20 heavy (non-hydrogen) atoms. The quantitative estimate of drug-likeness (QED) is 0.581. The molecule has 5 heteroatoms. The van der Waals surface area contributed by atoms with Crippen molar-refractivity contribution in [2.45, 2.75) is 36.3 Å². The molecular formula is C15H15BrN2S2. The lowest BCUT2D eigenvalue weighted by Crippen LogP contribution is -1.99. The number of H-pyrrole nitrogens is 1. The first-order valence-corrected chi connectivity index (χ1v) is 8.81. The largest absolute Gasteiger partial charge is 0.345 e. The van der Waals surface area contributed by atoms with Crippen LogP contribution in [0.2, 0.25) is 0 Å². The third-order valence-electron chi connectivity index (χ3n) is 3.38. The lowest BCUT2D eigenvalue weighted by atomic mass is 10.2. The predicted octanol–water partition coefficient (Wildman–Crippen LogP) is 5.38. The van der Waals surface area contributed by atoms with E-state index in [4.69, 9.17) is 12.2 Å². The van der Waals surface area contributed by atoms with Crippen molar-refractivity contribution < 1.29 is 0 Å². The summed E-state index contributed by atoms with van der Waals surface area (Å²) >= 11 is 10.7. The number of aromatic amines is 1. The van der Waals surface area contributed by atoms with Crippen LogP contribution >= 0.6 is 39.9 Å². The minimum atomic E-state index is 0.635. The van der Waals surface area contributed by atoms with E-state index in [1.165, 1.54) is 29.0 Å². The van der Waals surface area contributed by atoms with Crippen LogP contribution in [0.4, 0.5) is 0 Å². The van der Waals surface area contributed by atoms with Gasteiger partial charge in [-0.1, -0.05) is 30.4 Å². The van der Waals surface area contributed by atoms with Crippen molar-refractivity contribution in [3.63, 3.8) is 0 Å². The molecule has 1 aromatic carbocycles. The van der Waals surface area contributed by atoms with Gasteiger partial charge in [-0.2, -0.15) is 0 Å². The Morgan fingerprint density at radius 2 is 2.15 bits per heavy atom. The van der Waals surface area contributed by atoms with Crippen LogP contribution in [0, 0.1) is 11.6 Å². The molecule has 1 saturated carbocycles. The van der Waals surface area contributed by atoms with E-state index in [0.29, 0.717) is 10.6 Å². The molecule has 0 unspecified atom stereocenters. The van der Waals surface area contributed by atoms with E-state index >= 15 is 0 Å². The molecule has 0 saturated heterocycles. The molecule has 1 aliphatic rings. The zero-order valence-corrected chi connectivity index (χ0v) is 14.4. The summed E-state index contributed by atoms with van der Waals surface area (Å²) in [5.74, 6) is 2.42. The normalized spacial score (nSPS) is 14.5. The average Bonchev–Trinajstić information content (AvgIpc) is 3.26. The zero-order valence-electron chi connectivity index (χ0n) is 11.1. The molecule has 1 heterocycles. The second kappa shape index (κ2) is 6.00. The molecule has 0 atom stereocenters. The molecular weight excluding hydrogens is 352 g/mol. The number of aryl methyl sites for hydroxylation is 1. The number of halogens is 1. The summed E-state index contributed by atoms with van der Waals surface area (Å²) in [6.45, 7) is 2.13. The molecule has 0 bridgehead atoms. The Bertz CT molecular complexity index is 693. The van der Waals surface area contributed by atoms with E-state index in [-0.39, 0.29) is 0 Å². The number of aromatic nitrogens is 2. The summed E-state index contributed by atoms with van der Waals surface area (Å²) in [6, 6.07) is 8.42. The standard InChI is InChI=1S/C15H15BrN2S2/c1-9-4-2-3-5-11(9)20-8-12-17-14(10-6-7-10)13(16)15(19)18-12/h2-5,10H,6-8H2,1H3,(H,17,18,19). The second-order valence-corrected chi connectivity index (χ2v) is 7.24. The SMILES string of the molecule is Cc1ccccc1SCc1nc(=S)c(Br)c(C2CC2)[nH]1. The molecule has 1 aliphatic carbocycles. The minimum absolute atomic E-state index is 0.635. The minimum Gasteiger partial charge on any atom is -0.345 e. The van der Waals surface area contributed by atoms with E-state index in [2.05, 4.69) is 57.1 Å². The Balaban J connectivity index is 1.81. The highest BCUT2D eigenvalue weighted by molar-refractivity contribution is 9.10. The van der Waals surface area contributed by atoms with Gasteiger partial charge in [0.15, 0.2) is 0 Å². The molecule has 1 fully saturated rings. The van der Waals surface area contributed by atoms with Gasteiger partial charge in [-0.3, -0.25) is 0 Å². The summed E-state index contributed by atoms with van der Waals surface area (Å²) in [7, 11) is 0. The number of hydrogen-bond acceptors (Lipinski definition) is 3. The monoisotopic (exact) mass is 366 g/mol. The number of benzene rings is 1. The summed E-state index contributed by atoms with van der Waals surface area (Å²) < 4.78 is 1.64. The van der Waals surface area contributed by atoms with Crippen LogP contribution in [-0.2, 0) is 5.75 Å². The van der Waals surface area contributed by atoms with Gasteiger partial charge < -0.3 is 4.98 Å². The highest BCUT2D eigenvalue weighted by Crippen LogP contribution is 2.42. The first-order valence-electron chi connectivity index (χ1n) is 6.62.